The van der Waals surface area contributed by atoms with Crippen LogP contribution in [0, 0.1) is 13.8 Å². The zero-order chi connectivity index (χ0) is 23.9. The minimum absolute atomic E-state index is 0.122. The van der Waals surface area contributed by atoms with Gasteiger partial charge in [0, 0.05) is 11.3 Å². The first-order valence-electron chi connectivity index (χ1n) is 10.8. The fourth-order valence-electron chi connectivity index (χ4n) is 3.36. The lowest BCUT2D eigenvalue weighted by Gasteiger charge is -2.21. The van der Waals surface area contributed by atoms with E-state index >= 15 is 0 Å². The molecular weight excluding hydrogens is 428 g/mol. The molecule has 0 aliphatic heterocycles. The number of Topliss-reactive ketones (excluding diaryl/α,β-unsaturated/α-hetero) is 1. The minimum atomic E-state index is -1.00. The normalized spacial score (nSPS) is 11.8. The maximum atomic E-state index is 13.2. The summed E-state index contributed by atoms with van der Waals surface area (Å²) in [5.74, 6) is -0.646. The third kappa shape index (κ3) is 5.45. The molecule has 1 heterocycles. The van der Waals surface area contributed by atoms with Crippen LogP contribution in [0.2, 0.25) is 0 Å². The Hall–Kier alpha value is -4.52. The van der Waals surface area contributed by atoms with Crippen molar-refractivity contribution in [1.82, 2.24) is 5.32 Å². The molecule has 4 aromatic rings. The Morgan fingerprint density at radius 3 is 2.29 bits per heavy atom. The van der Waals surface area contributed by atoms with Crippen LogP contribution in [0.1, 0.15) is 32.0 Å². The summed E-state index contributed by atoms with van der Waals surface area (Å²) < 4.78 is 5.17. The highest BCUT2D eigenvalue weighted by Crippen LogP contribution is 2.26. The van der Waals surface area contributed by atoms with Crippen molar-refractivity contribution in [3.8, 4) is 0 Å². The van der Waals surface area contributed by atoms with Crippen molar-refractivity contribution in [3.63, 3.8) is 0 Å². The monoisotopic (exact) mass is 452 g/mol. The number of benzene rings is 3. The van der Waals surface area contributed by atoms with E-state index in [0.717, 1.165) is 16.8 Å². The molecule has 0 saturated carbocycles. The van der Waals surface area contributed by atoms with E-state index < -0.39 is 12.1 Å². The summed E-state index contributed by atoms with van der Waals surface area (Å²) in [6.07, 6.45) is 0.406. The second kappa shape index (κ2) is 10.4. The lowest BCUT2D eigenvalue weighted by atomic mass is 10.1. The van der Waals surface area contributed by atoms with Gasteiger partial charge >= 0.3 is 0 Å². The Morgan fingerprint density at radius 1 is 0.824 bits per heavy atom. The second-order valence-electron chi connectivity index (χ2n) is 7.74. The molecular formula is C27H24N4O3. The van der Waals surface area contributed by atoms with Crippen molar-refractivity contribution in [2.75, 3.05) is 5.32 Å². The predicted octanol–water partition coefficient (Wildman–Crippen LogP) is 6.36. The average Bonchev–Trinajstić information content (AvgIpc) is 3.40. The van der Waals surface area contributed by atoms with Crippen LogP contribution < -0.4 is 10.6 Å². The summed E-state index contributed by atoms with van der Waals surface area (Å²) in [5, 5.41) is 14.5. The van der Waals surface area contributed by atoms with Crippen molar-refractivity contribution in [1.29, 1.82) is 0 Å². The highest BCUT2D eigenvalue weighted by Gasteiger charge is 2.24. The fraction of sp³-hybridized carbons (Fsp3) is 0.111. The highest BCUT2D eigenvalue weighted by molar-refractivity contribution is 6.04. The number of nitrogens with zero attached hydrogens (tertiary/aromatic N) is 2. The Balaban J connectivity index is 1.56. The molecule has 4 rings (SSSR count). The third-order valence-electron chi connectivity index (χ3n) is 5.24. The first-order valence-corrected chi connectivity index (χ1v) is 10.8. The molecule has 170 valence electrons. The van der Waals surface area contributed by atoms with Crippen LogP contribution in [0.5, 0.6) is 0 Å². The van der Waals surface area contributed by atoms with E-state index in [9.17, 15) is 9.59 Å². The van der Waals surface area contributed by atoms with Gasteiger partial charge in [-0.1, -0.05) is 48.5 Å². The maximum Gasteiger partial charge on any atom is 0.288 e. The van der Waals surface area contributed by atoms with Gasteiger partial charge in [0.15, 0.2) is 11.9 Å². The molecule has 1 aromatic heterocycles. The van der Waals surface area contributed by atoms with Gasteiger partial charge < -0.3 is 15.1 Å². The van der Waals surface area contributed by atoms with Crippen molar-refractivity contribution >= 4 is 28.8 Å². The van der Waals surface area contributed by atoms with Gasteiger partial charge in [-0.05, 0) is 61.4 Å². The summed E-state index contributed by atoms with van der Waals surface area (Å²) in [6, 6.07) is 25.2. The first-order chi connectivity index (χ1) is 16.5. The van der Waals surface area contributed by atoms with Crippen molar-refractivity contribution in [2.24, 2.45) is 10.2 Å². The number of carbonyl (C=O) groups is 2. The fourth-order valence-corrected chi connectivity index (χ4v) is 3.36. The molecule has 0 aliphatic rings. The quantitative estimate of drug-likeness (QED) is 0.185. The smallest absolute Gasteiger partial charge is 0.288 e. The summed E-state index contributed by atoms with van der Waals surface area (Å²) in [7, 11) is 0. The minimum Gasteiger partial charge on any atom is -0.459 e. The van der Waals surface area contributed by atoms with Crippen LogP contribution in [0.4, 0.5) is 17.1 Å². The van der Waals surface area contributed by atoms with Gasteiger partial charge in [-0.2, -0.15) is 10.2 Å². The molecule has 2 N–H and O–H groups in total. The van der Waals surface area contributed by atoms with E-state index in [1.807, 2.05) is 56.3 Å². The van der Waals surface area contributed by atoms with Gasteiger partial charge in [0.1, 0.15) is 0 Å². The van der Waals surface area contributed by atoms with Crippen LogP contribution in [0.3, 0.4) is 0 Å². The molecule has 1 atom stereocenters. The van der Waals surface area contributed by atoms with Gasteiger partial charge in [-0.15, -0.1) is 0 Å². The molecule has 0 unspecified atom stereocenters. The van der Waals surface area contributed by atoms with Gasteiger partial charge in [-0.3, -0.25) is 9.59 Å². The number of anilines is 1. The van der Waals surface area contributed by atoms with Crippen LogP contribution in [-0.2, 0) is 0 Å². The number of carbonyl (C=O) groups excluding carboxylic acids is 2. The van der Waals surface area contributed by atoms with Gasteiger partial charge in [0.2, 0.25) is 5.78 Å². The number of azo groups is 1. The zero-order valence-corrected chi connectivity index (χ0v) is 18.9. The standard InChI is InChI=1S/C27H24N4O3/c1-18-9-6-7-12-23(18)31-30-21-14-15-22(19(2)17-21)28-26(25(32)20-10-4-3-5-11-20)29-27(33)24-13-8-16-34-24/h3-17,26,28H,1-2H3,(H,29,33)/t26-/m1/s1. The van der Waals surface area contributed by atoms with Gasteiger partial charge in [0.25, 0.3) is 5.91 Å². The van der Waals surface area contributed by atoms with Gasteiger partial charge in [-0.25, -0.2) is 0 Å². The SMILES string of the molecule is Cc1ccccc1N=Nc1ccc(N[C@H](NC(=O)c2ccco2)C(=O)c2ccccc2)c(C)c1. The molecule has 0 aliphatic carbocycles. The lowest BCUT2D eigenvalue weighted by Crippen LogP contribution is -2.46. The van der Waals surface area contributed by atoms with Crippen LogP contribution in [0.25, 0.3) is 0 Å². The lowest BCUT2D eigenvalue weighted by molar-refractivity contribution is 0.0852. The molecule has 0 bridgehead atoms. The molecule has 3 aromatic carbocycles. The number of aryl methyl sites for hydroxylation is 2. The summed E-state index contributed by atoms with van der Waals surface area (Å²) in [5.41, 5.74) is 4.52. The molecule has 0 radical (unpaired) electrons. The molecule has 0 fully saturated rings. The van der Waals surface area contributed by atoms with Crippen molar-refractivity contribution < 1.29 is 14.0 Å². The van der Waals surface area contributed by atoms with Crippen LogP contribution in [0.15, 0.2) is 106 Å². The second-order valence-corrected chi connectivity index (χ2v) is 7.74. The van der Waals surface area contributed by atoms with Crippen LogP contribution in [-0.4, -0.2) is 17.9 Å². The molecule has 7 nitrogen and oxygen atoms in total. The summed E-state index contributed by atoms with van der Waals surface area (Å²) in [6.45, 7) is 3.88. The number of ketones is 1. The van der Waals surface area contributed by atoms with E-state index in [0.29, 0.717) is 16.9 Å². The van der Waals surface area contributed by atoms with Crippen molar-refractivity contribution in [2.45, 2.75) is 20.0 Å². The van der Waals surface area contributed by atoms with E-state index in [2.05, 4.69) is 20.9 Å². The Labute approximate surface area is 197 Å². The topological polar surface area (TPSA) is 96.1 Å². The highest BCUT2D eigenvalue weighted by atomic mass is 16.3. The number of hydrogen-bond acceptors (Lipinski definition) is 6. The largest absolute Gasteiger partial charge is 0.459 e. The predicted molar refractivity (Wildman–Crippen MR) is 131 cm³/mol. The Morgan fingerprint density at radius 2 is 1.59 bits per heavy atom. The molecule has 0 saturated heterocycles. The summed E-state index contributed by atoms with van der Waals surface area (Å²) >= 11 is 0. The van der Waals surface area contributed by atoms with Gasteiger partial charge in [0.05, 0.1) is 17.6 Å². The number of rotatable bonds is 8. The molecule has 1 amide bonds. The van der Waals surface area contributed by atoms with E-state index in [-0.39, 0.29) is 11.5 Å². The number of hydrogen-bond donors (Lipinski definition) is 2. The third-order valence-corrected chi connectivity index (χ3v) is 5.24. The van der Waals surface area contributed by atoms with Crippen molar-refractivity contribution in [3.05, 3.63) is 114 Å². The molecule has 34 heavy (non-hydrogen) atoms. The number of furan rings is 1. The number of nitrogens with one attached hydrogen (secondary N) is 2. The summed E-state index contributed by atoms with van der Waals surface area (Å²) in [4.78, 5) is 25.8. The van der Waals surface area contributed by atoms with E-state index in [1.54, 1.807) is 42.5 Å². The first kappa shape index (κ1) is 22.7. The Bertz CT molecular complexity index is 1310. The average molecular weight is 453 g/mol. The number of amides is 1. The maximum absolute atomic E-state index is 13.2. The van der Waals surface area contributed by atoms with E-state index in [4.69, 9.17) is 4.42 Å². The Kier molecular flexibility index (Phi) is 6.93. The zero-order valence-electron chi connectivity index (χ0n) is 18.9. The molecule has 7 heteroatoms. The molecule has 0 spiro atoms. The van der Waals surface area contributed by atoms with E-state index in [1.165, 1.54) is 6.26 Å². The van der Waals surface area contributed by atoms with Crippen LogP contribution >= 0.6 is 0 Å².